The molecule has 1 aromatic heterocycles. The maximum atomic E-state index is 12.5. The minimum atomic E-state index is -0.228. The van der Waals surface area contributed by atoms with Gasteiger partial charge < -0.3 is 14.8 Å². The van der Waals surface area contributed by atoms with Gasteiger partial charge in [-0.3, -0.25) is 14.9 Å². The molecule has 160 valence electrons. The van der Waals surface area contributed by atoms with E-state index in [1.54, 1.807) is 29.6 Å². The Hall–Kier alpha value is -3.39. The van der Waals surface area contributed by atoms with Gasteiger partial charge in [0.15, 0.2) is 16.6 Å². The SMILES string of the molecule is CC(NC(=O)Cc1csc(NC(=O)c2ccccc2)n1)c1ccc2c(c1)OCCCO2. The van der Waals surface area contributed by atoms with Crippen LogP contribution in [-0.4, -0.2) is 30.0 Å². The highest BCUT2D eigenvalue weighted by molar-refractivity contribution is 7.14. The molecule has 2 aromatic carbocycles. The zero-order chi connectivity index (χ0) is 21.6. The first-order valence-electron chi connectivity index (χ1n) is 10.1. The summed E-state index contributed by atoms with van der Waals surface area (Å²) in [6, 6.07) is 14.4. The van der Waals surface area contributed by atoms with Gasteiger partial charge in [-0.2, -0.15) is 0 Å². The Morgan fingerprint density at radius 1 is 1.10 bits per heavy atom. The monoisotopic (exact) mass is 437 g/mol. The van der Waals surface area contributed by atoms with Crippen LogP contribution in [0.5, 0.6) is 11.5 Å². The van der Waals surface area contributed by atoms with Crippen LogP contribution in [0.1, 0.15) is 41.0 Å². The van der Waals surface area contributed by atoms with Crippen molar-refractivity contribution in [1.29, 1.82) is 0 Å². The Labute approximate surface area is 184 Å². The highest BCUT2D eigenvalue weighted by Crippen LogP contribution is 2.32. The lowest BCUT2D eigenvalue weighted by Gasteiger charge is -2.16. The van der Waals surface area contributed by atoms with Crippen molar-refractivity contribution in [3.8, 4) is 11.5 Å². The minimum absolute atomic E-state index is 0.132. The van der Waals surface area contributed by atoms with Crippen molar-refractivity contribution in [2.24, 2.45) is 0 Å². The molecular weight excluding hydrogens is 414 g/mol. The summed E-state index contributed by atoms with van der Waals surface area (Å²) in [6.45, 7) is 3.17. The predicted molar refractivity (Wildman–Crippen MR) is 119 cm³/mol. The van der Waals surface area contributed by atoms with Gasteiger partial charge in [0.25, 0.3) is 5.91 Å². The smallest absolute Gasteiger partial charge is 0.257 e. The summed E-state index contributed by atoms with van der Waals surface area (Å²) >= 11 is 1.29. The quantitative estimate of drug-likeness (QED) is 0.609. The third-order valence-electron chi connectivity index (χ3n) is 4.80. The maximum Gasteiger partial charge on any atom is 0.257 e. The largest absolute Gasteiger partial charge is 0.490 e. The summed E-state index contributed by atoms with van der Waals surface area (Å²) < 4.78 is 11.4. The molecule has 0 radical (unpaired) electrons. The molecule has 0 saturated heterocycles. The number of hydrogen-bond acceptors (Lipinski definition) is 6. The first-order valence-corrected chi connectivity index (χ1v) is 11.0. The zero-order valence-electron chi connectivity index (χ0n) is 17.1. The molecule has 31 heavy (non-hydrogen) atoms. The Morgan fingerprint density at radius 2 is 1.87 bits per heavy atom. The topological polar surface area (TPSA) is 89.6 Å². The average Bonchev–Trinajstić information content (AvgIpc) is 3.06. The third-order valence-corrected chi connectivity index (χ3v) is 5.61. The van der Waals surface area contributed by atoms with Gasteiger partial charge in [0.05, 0.1) is 31.4 Å². The number of ether oxygens (including phenoxy) is 2. The van der Waals surface area contributed by atoms with E-state index in [1.165, 1.54) is 11.3 Å². The summed E-state index contributed by atoms with van der Waals surface area (Å²) in [5.41, 5.74) is 2.10. The van der Waals surface area contributed by atoms with E-state index in [-0.39, 0.29) is 24.3 Å². The number of rotatable bonds is 6. The lowest BCUT2D eigenvalue weighted by molar-refractivity contribution is -0.121. The Bertz CT molecular complexity index is 1070. The van der Waals surface area contributed by atoms with Crippen LogP contribution in [-0.2, 0) is 11.2 Å². The molecule has 1 aliphatic rings. The van der Waals surface area contributed by atoms with Crippen LogP contribution in [0.4, 0.5) is 5.13 Å². The van der Waals surface area contributed by atoms with Gasteiger partial charge in [0, 0.05) is 17.4 Å². The number of benzene rings is 2. The molecule has 0 aliphatic carbocycles. The summed E-state index contributed by atoms with van der Waals surface area (Å²) in [6.07, 6.45) is 0.977. The molecule has 0 spiro atoms. The van der Waals surface area contributed by atoms with Crippen LogP contribution >= 0.6 is 11.3 Å². The van der Waals surface area contributed by atoms with Crippen molar-refractivity contribution in [3.05, 3.63) is 70.7 Å². The van der Waals surface area contributed by atoms with Crippen molar-refractivity contribution >= 4 is 28.3 Å². The van der Waals surface area contributed by atoms with Gasteiger partial charge in [0.2, 0.25) is 5.91 Å². The summed E-state index contributed by atoms with van der Waals surface area (Å²) in [5.74, 6) is 1.06. The van der Waals surface area contributed by atoms with E-state index >= 15 is 0 Å². The van der Waals surface area contributed by atoms with Crippen LogP contribution in [0.25, 0.3) is 0 Å². The van der Waals surface area contributed by atoms with Gasteiger partial charge >= 0.3 is 0 Å². The molecule has 7 nitrogen and oxygen atoms in total. The van der Waals surface area contributed by atoms with Crippen LogP contribution in [0.2, 0.25) is 0 Å². The summed E-state index contributed by atoms with van der Waals surface area (Å²) in [7, 11) is 0. The van der Waals surface area contributed by atoms with Crippen LogP contribution in [0.3, 0.4) is 0 Å². The molecule has 1 unspecified atom stereocenters. The summed E-state index contributed by atoms with van der Waals surface area (Å²) in [5, 5.41) is 7.99. The number of hydrogen-bond donors (Lipinski definition) is 2. The number of amides is 2. The molecule has 2 heterocycles. The molecule has 4 rings (SSSR count). The predicted octanol–water partition coefficient (Wildman–Crippen LogP) is 3.98. The second kappa shape index (κ2) is 9.61. The fourth-order valence-electron chi connectivity index (χ4n) is 3.19. The molecule has 2 N–H and O–H groups in total. The van der Waals surface area contributed by atoms with Crippen molar-refractivity contribution in [2.75, 3.05) is 18.5 Å². The van der Waals surface area contributed by atoms with E-state index in [9.17, 15) is 9.59 Å². The lowest BCUT2D eigenvalue weighted by Crippen LogP contribution is -2.28. The molecule has 2 amide bonds. The fraction of sp³-hybridized carbons (Fsp3) is 0.261. The summed E-state index contributed by atoms with van der Waals surface area (Å²) in [4.78, 5) is 29.1. The molecule has 1 atom stereocenters. The van der Waals surface area contributed by atoms with E-state index < -0.39 is 0 Å². The second-order valence-corrected chi connectivity index (χ2v) is 8.04. The van der Waals surface area contributed by atoms with Crippen molar-refractivity contribution in [2.45, 2.75) is 25.8 Å². The minimum Gasteiger partial charge on any atom is -0.490 e. The van der Waals surface area contributed by atoms with E-state index in [0.717, 1.165) is 17.7 Å². The Morgan fingerprint density at radius 3 is 2.68 bits per heavy atom. The number of carbonyl (C=O) groups excluding carboxylic acids is 2. The normalized spacial score (nSPS) is 13.7. The molecule has 8 heteroatoms. The molecule has 0 saturated carbocycles. The van der Waals surface area contributed by atoms with Crippen molar-refractivity contribution < 1.29 is 19.1 Å². The van der Waals surface area contributed by atoms with Crippen molar-refractivity contribution in [1.82, 2.24) is 10.3 Å². The number of anilines is 1. The lowest BCUT2D eigenvalue weighted by atomic mass is 10.1. The van der Waals surface area contributed by atoms with Crippen LogP contribution in [0.15, 0.2) is 53.9 Å². The Balaban J connectivity index is 1.33. The molecule has 0 fully saturated rings. The van der Waals surface area contributed by atoms with Gasteiger partial charge in [-0.05, 0) is 36.8 Å². The average molecular weight is 438 g/mol. The van der Waals surface area contributed by atoms with Gasteiger partial charge in [-0.1, -0.05) is 24.3 Å². The highest BCUT2D eigenvalue weighted by Gasteiger charge is 2.16. The molecule has 1 aliphatic heterocycles. The Kier molecular flexibility index (Phi) is 6.47. The van der Waals surface area contributed by atoms with Crippen LogP contribution < -0.4 is 20.1 Å². The van der Waals surface area contributed by atoms with Gasteiger partial charge in [0.1, 0.15) is 0 Å². The van der Waals surface area contributed by atoms with E-state index in [1.807, 2.05) is 31.2 Å². The highest BCUT2D eigenvalue weighted by atomic mass is 32.1. The van der Waals surface area contributed by atoms with E-state index in [0.29, 0.717) is 35.4 Å². The number of fused-ring (bicyclic) bond motifs is 1. The number of nitrogens with one attached hydrogen (secondary N) is 2. The van der Waals surface area contributed by atoms with E-state index in [4.69, 9.17) is 9.47 Å². The third kappa shape index (κ3) is 5.40. The molecule has 3 aromatic rings. The van der Waals surface area contributed by atoms with Gasteiger partial charge in [-0.25, -0.2) is 4.98 Å². The number of nitrogens with zero attached hydrogens (tertiary/aromatic N) is 1. The zero-order valence-corrected chi connectivity index (χ0v) is 17.9. The first kappa shape index (κ1) is 20.9. The standard InChI is InChI=1S/C23H23N3O4S/c1-15(17-8-9-19-20(12-17)30-11-5-10-29-19)24-21(27)13-18-14-31-23(25-18)26-22(28)16-6-3-2-4-7-16/h2-4,6-9,12,14-15H,5,10-11,13H2,1H3,(H,24,27)(H,25,26,28). The first-order chi connectivity index (χ1) is 15.1. The fourth-order valence-corrected chi connectivity index (χ4v) is 3.90. The van der Waals surface area contributed by atoms with E-state index in [2.05, 4.69) is 15.6 Å². The second-order valence-electron chi connectivity index (χ2n) is 7.19. The molecule has 0 bridgehead atoms. The number of thiazole rings is 1. The van der Waals surface area contributed by atoms with Crippen molar-refractivity contribution in [3.63, 3.8) is 0 Å². The van der Waals surface area contributed by atoms with Crippen LogP contribution in [0, 0.1) is 0 Å². The molecular formula is C23H23N3O4S. The number of carbonyl (C=O) groups is 2. The number of aromatic nitrogens is 1. The maximum absolute atomic E-state index is 12.5. The van der Waals surface area contributed by atoms with Gasteiger partial charge in [-0.15, -0.1) is 11.3 Å².